The summed E-state index contributed by atoms with van der Waals surface area (Å²) >= 11 is 5.94. The SMILES string of the molecule is COc1ccc(Cl)cc1/C=C\C=N\NC(=O)C[N+](C)(C)C.[Cl-]. The number of nitrogens with one attached hydrogen (secondary N) is 1. The number of rotatable bonds is 6. The number of quaternary nitrogens is 1. The zero-order chi connectivity index (χ0) is 15.9. The largest absolute Gasteiger partial charge is 1.00 e. The molecular weight excluding hydrogens is 325 g/mol. The Balaban J connectivity index is 0.00000441. The number of methoxy groups -OCH3 is 1. The van der Waals surface area contributed by atoms with E-state index in [4.69, 9.17) is 16.3 Å². The van der Waals surface area contributed by atoms with Crippen molar-refractivity contribution >= 4 is 29.8 Å². The Morgan fingerprint density at radius 1 is 1.41 bits per heavy atom. The van der Waals surface area contributed by atoms with Gasteiger partial charge in [0.1, 0.15) is 5.75 Å². The summed E-state index contributed by atoms with van der Waals surface area (Å²) in [6.45, 7) is 0.364. The first-order valence-corrected chi connectivity index (χ1v) is 6.82. The van der Waals surface area contributed by atoms with Crippen molar-refractivity contribution in [2.24, 2.45) is 5.10 Å². The highest BCUT2D eigenvalue weighted by molar-refractivity contribution is 6.30. The predicted octanol–water partition coefficient (Wildman–Crippen LogP) is -0.826. The van der Waals surface area contributed by atoms with E-state index in [2.05, 4.69) is 10.5 Å². The van der Waals surface area contributed by atoms with Crippen LogP contribution in [0.4, 0.5) is 0 Å². The first-order valence-electron chi connectivity index (χ1n) is 6.44. The van der Waals surface area contributed by atoms with Crippen LogP contribution in [0.5, 0.6) is 5.75 Å². The minimum absolute atomic E-state index is 0. The molecule has 0 heterocycles. The van der Waals surface area contributed by atoms with Crippen LogP contribution in [0.3, 0.4) is 0 Å². The molecule has 1 rings (SSSR count). The number of carbonyl (C=O) groups is 1. The van der Waals surface area contributed by atoms with Gasteiger partial charge in [-0.05, 0) is 30.4 Å². The number of hydrogen-bond donors (Lipinski definition) is 1. The summed E-state index contributed by atoms with van der Waals surface area (Å²) in [6.07, 6.45) is 5.02. The highest BCUT2D eigenvalue weighted by atomic mass is 35.5. The molecule has 0 radical (unpaired) electrons. The van der Waals surface area contributed by atoms with Gasteiger partial charge in [0.2, 0.25) is 0 Å². The minimum atomic E-state index is -0.132. The summed E-state index contributed by atoms with van der Waals surface area (Å²) in [5, 5.41) is 4.48. The second kappa shape index (κ2) is 9.46. The molecule has 0 aliphatic heterocycles. The zero-order valence-corrected chi connectivity index (χ0v) is 14.6. The molecule has 0 unspecified atom stereocenters. The average Bonchev–Trinajstić information content (AvgIpc) is 2.36. The third-order valence-corrected chi connectivity index (χ3v) is 2.67. The van der Waals surface area contributed by atoms with Gasteiger partial charge >= 0.3 is 0 Å². The molecule has 0 aromatic heterocycles. The van der Waals surface area contributed by atoms with E-state index in [1.807, 2.05) is 21.1 Å². The first kappa shape index (κ1) is 20.4. The quantitative estimate of drug-likeness (QED) is 0.416. The number of nitrogens with zero attached hydrogens (tertiary/aromatic N) is 2. The number of allylic oxidation sites excluding steroid dienone is 1. The molecular formula is C15H21Cl2N3O2. The van der Waals surface area contributed by atoms with Crippen LogP contribution in [0.2, 0.25) is 5.02 Å². The Kier molecular flexibility index (Phi) is 8.79. The lowest BCUT2D eigenvalue weighted by molar-refractivity contribution is -0.862. The molecule has 22 heavy (non-hydrogen) atoms. The summed E-state index contributed by atoms with van der Waals surface area (Å²) in [5.74, 6) is 0.589. The van der Waals surface area contributed by atoms with Crippen molar-refractivity contribution in [3.8, 4) is 5.75 Å². The monoisotopic (exact) mass is 345 g/mol. The maximum absolute atomic E-state index is 11.5. The molecule has 0 spiro atoms. The van der Waals surface area contributed by atoms with Crippen LogP contribution in [-0.4, -0.2) is 51.4 Å². The van der Waals surface area contributed by atoms with Gasteiger partial charge in [-0.2, -0.15) is 5.10 Å². The van der Waals surface area contributed by atoms with Crippen LogP contribution in [0.1, 0.15) is 5.56 Å². The number of ether oxygens (including phenoxy) is 1. The van der Waals surface area contributed by atoms with Crippen molar-refractivity contribution in [2.45, 2.75) is 0 Å². The number of hydrazone groups is 1. The highest BCUT2D eigenvalue weighted by Gasteiger charge is 2.12. The molecule has 0 fully saturated rings. The molecule has 7 heteroatoms. The van der Waals surface area contributed by atoms with Crippen molar-refractivity contribution in [3.05, 3.63) is 34.9 Å². The van der Waals surface area contributed by atoms with Crippen molar-refractivity contribution < 1.29 is 26.4 Å². The number of carbonyl (C=O) groups excluding carboxylic acids is 1. The van der Waals surface area contributed by atoms with Crippen molar-refractivity contribution in [3.63, 3.8) is 0 Å². The Morgan fingerprint density at radius 2 is 2.09 bits per heavy atom. The lowest BCUT2D eigenvalue weighted by Gasteiger charge is -2.21. The van der Waals surface area contributed by atoms with Gasteiger partial charge in [-0.15, -0.1) is 0 Å². The van der Waals surface area contributed by atoms with Gasteiger partial charge in [-0.25, -0.2) is 5.43 Å². The summed E-state index contributed by atoms with van der Waals surface area (Å²) in [4.78, 5) is 11.5. The van der Waals surface area contributed by atoms with E-state index in [-0.39, 0.29) is 18.3 Å². The van der Waals surface area contributed by atoms with Gasteiger partial charge < -0.3 is 21.6 Å². The standard InChI is InChI=1S/C15H20ClN3O2.ClH/c1-19(2,3)11-15(20)18-17-9-5-6-12-10-13(16)7-8-14(12)21-4;/h5-10H,11H2,1-4H3;1H/b6-5-,17-9+;. The fourth-order valence-corrected chi connectivity index (χ4v) is 1.78. The average molecular weight is 346 g/mol. The Morgan fingerprint density at radius 3 is 2.68 bits per heavy atom. The van der Waals surface area contributed by atoms with E-state index in [0.29, 0.717) is 16.1 Å². The molecule has 5 nitrogen and oxygen atoms in total. The molecule has 1 amide bonds. The molecule has 1 aromatic carbocycles. The van der Waals surface area contributed by atoms with Crippen molar-refractivity contribution in [2.75, 3.05) is 34.8 Å². The van der Waals surface area contributed by atoms with Gasteiger partial charge in [0.25, 0.3) is 5.91 Å². The lowest BCUT2D eigenvalue weighted by atomic mass is 10.2. The highest BCUT2D eigenvalue weighted by Crippen LogP contribution is 2.23. The second-order valence-electron chi connectivity index (χ2n) is 5.51. The van der Waals surface area contributed by atoms with E-state index in [1.165, 1.54) is 6.21 Å². The normalized spacial score (nSPS) is 11.5. The molecule has 0 saturated heterocycles. The van der Waals surface area contributed by atoms with Crippen LogP contribution >= 0.6 is 11.6 Å². The van der Waals surface area contributed by atoms with Crippen LogP contribution in [0.15, 0.2) is 29.4 Å². The molecule has 0 bridgehead atoms. The molecule has 1 aromatic rings. The van der Waals surface area contributed by atoms with Gasteiger partial charge in [-0.3, -0.25) is 4.79 Å². The van der Waals surface area contributed by atoms with Gasteiger partial charge in [0.05, 0.1) is 28.3 Å². The summed E-state index contributed by atoms with van der Waals surface area (Å²) < 4.78 is 5.78. The summed E-state index contributed by atoms with van der Waals surface area (Å²) in [7, 11) is 7.41. The van der Waals surface area contributed by atoms with E-state index < -0.39 is 0 Å². The fourth-order valence-electron chi connectivity index (χ4n) is 1.60. The van der Waals surface area contributed by atoms with E-state index in [0.717, 1.165) is 11.3 Å². The van der Waals surface area contributed by atoms with Crippen LogP contribution in [-0.2, 0) is 4.79 Å². The maximum atomic E-state index is 11.5. The Hall–Kier alpha value is -1.56. The first-order chi connectivity index (χ1) is 9.81. The number of halogens is 2. The lowest BCUT2D eigenvalue weighted by Crippen LogP contribution is -3.00. The summed E-state index contributed by atoms with van der Waals surface area (Å²) in [5.41, 5.74) is 3.31. The van der Waals surface area contributed by atoms with E-state index >= 15 is 0 Å². The summed E-state index contributed by atoms with van der Waals surface area (Å²) in [6, 6.07) is 5.35. The van der Waals surface area contributed by atoms with Gasteiger partial charge in [0.15, 0.2) is 6.54 Å². The van der Waals surface area contributed by atoms with E-state index in [9.17, 15) is 4.79 Å². The van der Waals surface area contributed by atoms with Crippen molar-refractivity contribution in [1.29, 1.82) is 0 Å². The number of benzene rings is 1. The third kappa shape index (κ3) is 8.02. The van der Waals surface area contributed by atoms with Crippen molar-refractivity contribution in [1.82, 2.24) is 5.43 Å². The number of amides is 1. The Labute approximate surface area is 142 Å². The maximum Gasteiger partial charge on any atom is 0.295 e. The predicted molar refractivity (Wildman–Crippen MR) is 86.6 cm³/mol. The number of hydrogen-bond acceptors (Lipinski definition) is 3. The number of likely N-dealkylation sites (N-methyl/N-ethyl adjacent to an activating group) is 1. The zero-order valence-electron chi connectivity index (χ0n) is 13.1. The van der Waals surface area contributed by atoms with E-state index in [1.54, 1.807) is 37.5 Å². The van der Waals surface area contributed by atoms with Crippen LogP contribution < -0.4 is 22.6 Å². The third-order valence-electron chi connectivity index (χ3n) is 2.44. The fraction of sp³-hybridized carbons (Fsp3) is 0.333. The molecule has 0 saturated carbocycles. The van der Waals surface area contributed by atoms with Crippen LogP contribution in [0, 0.1) is 0 Å². The van der Waals surface area contributed by atoms with Gasteiger partial charge in [-0.1, -0.05) is 11.6 Å². The minimum Gasteiger partial charge on any atom is -1.00 e. The second-order valence-corrected chi connectivity index (χ2v) is 5.94. The molecule has 122 valence electrons. The van der Waals surface area contributed by atoms with Crippen LogP contribution in [0.25, 0.3) is 6.08 Å². The molecule has 0 aliphatic carbocycles. The molecule has 0 aliphatic rings. The Bertz CT molecular complexity index is 552. The van der Waals surface area contributed by atoms with Gasteiger partial charge in [0, 0.05) is 16.8 Å². The smallest absolute Gasteiger partial charge is 0.295 e. The topological polar surface area (TPSA) is 50.7 Å². The molecule has 0 atom stereocenters. The molecule has 1 N–H and O–H groups in total.